The molecule has 1 aromatic heterocycles. The molecule has 2 fully saturated rings. The first-order valence-corrected chi connectivity index (χ1v) is 7.69. The van der Waals surface area contributed by atoms with E-state index in [0.717, 1.165) is 36.1 Å². The number of hydrogen-bond acceptors (Lipinski definition) is 3. The third kappa shape index (κ3) is 3.40. The zero-order valence-corrected chi connectivity index (χ0v) is 12.2. The summed E-state index contributed by atoms with van der Waals surface area (Å²) in [5.41, 5.74) is 0. The Balaban J connectivity index is 1.42. The summed E-state index contributed by atoms with van der Waals surface area (Å²) in [6.07, 6.45) is 6.94. The number of piperidine rings is 1. The fourth-order valence-electron chi connectivity index (χ4n) is 3.73. The Morgan fingerprint density at radius 2 is 2.00 bits per heavy atom. The lowest BCUT2D eigenvalue weighted by Gasteiger charge is -2.30. The van der Waals surface area contributed by atoms with E-state index in [4.69, 9.17) is 4.42 Å². The van der Waals surface area contributed by atoms with Crippen molar-refractivity contribution in [3.63, 3.8) is 0 Å². The molecule has 0 aromatic carbocycles. The second-order valence-corrected chi connectivity index (χ2v) is 6.51. The van der Waals surface area contributed by atoms with E-state index >= 15 is 0 Å². The molecule has 3 nitrogen and oxygen atoms in total. The van der Waals surface area contributed by atoms with Gasteiger partial charge in [0.2, 0.25) is 0 Å². The predicted molar refractivity (Wildman–Crippen MR) is 77.1 cm³/mol. The van der Waals surface area contributed by atoms with Gasteiger partial charge in [-0.15, -0.1) is 0 Å². The molecule has 1 aromatic rings. The molecule has 2 unspecified atom stereocenters. The molecule has 0 aliphatic carbocycles. The third-order valence-corrected chi connectivity index (χ3v) is 4.71. The van der Waals surface area contributed by atoms with Crippen LogP contribution in [0.25, 0.3) is 0 Å². The van der Waals surface area contributed by atoms with E-state index in [1.54, 1.807) is 0 Å². The van der Waals surface area contributed by atoms with E-state index in [1.807, 2.05) is 13.0 Å². The van der Waals surface area contributed by atoms with Gasteiger partial charge in [-0.05, 0) is 70.7 Å². The van der Waals surface area contributed by atoms with Crippen molar-refractivity contribution in [2.75, 3.05) is 13.6 Å². The van der Waals surface area contributed by atoms with E-state index in [0.29, 0.717) is 0 Å². The molecule has 2 aliphatic heterocycles. The quantitative estimate of drug-likeness (QED) is 0.884. The van der Waals surface area contributed by atoms with Crippen molar-refractivity contribution in [3.8, 4) is 0 Å². The first-order chi connectivity index (χ1) is 9.19. The lowest BCUT2D eigenvalue weighted by molar-refractivity contribution is 0.229. The van der Waals surface area contributed by atoms with Gasteiger partial charge in [-0.2, -0.15) is 0 Å². The van der Waals surface area contributed by atoms with Crippen LogP contribution in [0.4, 0.5) is 0 Å². The lowest BCUT2D eigenvalue weighted by Crippen LogP contribution is -2.38. The number of fused-ring (bicyclic) bond motifs is 2. The molecule has 3 rings (SSSR count). The topological polar surface area (TPSA) is 28.4 Å². The predicted octanol–water partition coefficient (Wildman–Crippen LogP) is 2.94. The first-order valence-electron chi connectivity index (χ1n) is 7.69. The highest BCUT2D eigenvalue weighted by Gasteiger charge is 2.33. The van der Waals surface area contributed by atoms with Crippen LogP contribution >= 0.6 is 0 Å². The Morgan fingerprint density at radius 3 is 2.63 bits per heavy atom. The Hall–Kier alpha value is -0.800. The van der Waals surface area contributed by atoms with E-state index in [-0.39, 0.29) is 0 Å². The van der Waals surface area contributed by atoms with Gasteiger partial charge in [-0.25, -0.2) is 0 Å². The Morgan fingerprint density at radius 1 is 1.26 bits per heavy atom. The number of rotatable bonds is 5. The molecule has 2 aliphatic rings. The standard InChI is InChI=1S/C16H26N2O/c1-12-3-6-16(19-12)11-18(2)8-7-13-9-14-4-5-15(10-13)17-14/h3,6,13-15,17H,4-5,7-11H2,1-2H3. The molecule has 0 spiro atoms. The summed E-state index contributed by atoms with van der Waals surface area (Å²) in [7, 11) is 2.20. The number of nitrogens with zero attached hydrogens (tertiary/aromatic N) is 1. The van der Waals surface area contributed by atoms with Crippen LogP contribution in [-0.4, -0.2) is 30.6 Å². The molecular formula is C16H26N2O. The van der Waals surface area contributed by atoms with Crippen LogP contribution in [0.15, 0.2) is 16.5 Å². The molecular weight excluding hydrogens is 236 g/mol. The van der Waals surface area contributed by atoms with E-state index in [2.05, 4.69) is 23.3 Å². The average molecular weight is 262 g/mol. The van der Waals surface area contributed by atoms with E-state index < -0.39 is 0 Å². The third-order valence-electron chi connectivity index (χ3n) is 4.71. The van der Waals surface area contributed by atoms with Gasteiger partial charge in [0.05, 0.1) is 6.54 Å². The summed E-state index contributed by atoms with van der Waals surface area (Å²) in [4.78, 5) is 2.39. The van der Waals surface area contributed by atoms with Gasteiger partial charge in [0, 0.05) is 12.1 Å². The molecule has 0 amide bonds. The summed E-state index contributed by atoms with van der Waals surface area (Å²) in [5.74, 6) is 3.03. The van der Waals surface area contributed by atoms with Gasteiger partial charge >= 0.3 is 0 Å². The van der Waals surface area contributed by atoms with Gasteiger partial charge in [0.1, 0.15) is 11.5 Å². The van der Waals surface area contributed by atoms with Gasteiger partial charge in [0.15, 0.2) is 0 Å². The minimum absolute atomic E-state index is 0.821. The van der Waals surface area contributed by atoms with Gasteiger partial charge in [0.25, 0.3) is 0 Å². The maximum Gasteiger partial charge on any atom is 0.118 e. The van der Waals surface area contributed by atoms with Crippen LogP contribution in [0, 0.1) is 12.8 Å². The molecule has 2 saturated heterocycles. The second-order valence-electron chi connectivity index (χ2n) is 6.51. The summed E-state index contributed by atoms with van der Waals surface area (Å²) in [6, 6.07) is 5.79. The van der Waals surface area contributed by atoms with Crippen molar-refractivity contribution in [1.29, 1.82) is 0 Å². The summed E-state index contributed by atoms with van der Waals surface area (Å²) in [5, 5.41) is 3.72. The van der Waals surface area contributed by atoms with Crippen LogP contribution in [0.2, 0.25) is 0 Å². The molecule has 3 heterocycles. The minimum Gasteiger partial charge on any atom is -0.465 e. The Labute approximate surface area is 116 Å². The lowest BCUT2D eigenvalue weighted by atomic mass is 9.89. The Kier molecular flexibility index (Phi) is 3.94. The zero-order valence-electron chi connectivity index (χ0n) is 12.2. The molecule has 19 heavy (non-hydrogen) atoms. The smallest absolute Gasteiger partial charge is 0.118 e. The fraction of sp³-hybridized carbons (Fsp3) is 0.750. The van der Waals surface area contributed by atoms with E-state index in [1.165, 1.54) is 38.6 Å². The van der Waals surface area contributed by atoms with Crippen LogP contribution in [-0.2, 0) is 6.54 Å². The fourth-order valence-corrected chi connectivity index (χ4v) is 3.73. The number of hydrogen-bond donors (Lipinski definition) is 1. The van der Waals surface area contributed by atoms with Gasteiger partial charge in [-0.1, -0.05) is 0 Å². The van der Waals surface area contributed by atoms with Crippen molar-refractivity contribution in [1.82, 2.24) is 10.2 Å². The Bertz CT molecular complexity index is 403. The molecule has 3 heteroatoms. The summed E-state index contributed by atoms with van der Waals surface area (Å²) < 4.78 is 5.64. The van der Waals surface area contributed by atoms with E-state index in [9.17, 15) is 0 Å². The average Bonchev–Trinajstić information content (AvgIpc) is 2.93. The van der Waals surface area contributed by atoms with Crippen molar-refractivity contribution in [2.45, 2.75) is 57.7 Å². The van der Waals surface area contributed by atoms with Crippen molar-refractivity contribution < 1.29 is 4.42 Å². The normalized spacial score (nSPS) is 30.2. The number of furan rings is 1. The maximum atomic E-state index is 5.64. The van der Waals surface area contributed by atoms with Crippen molar-refractivity contribution in [2.24, 2.45) is 5.92 Å². The zero-order chi connectivity index (χ0) is 13.2. The molecule has 0 radical (unpaired) electrons. The highest BCUT2D eigenvalue weighted by atomic mass is 16.3. The highest BCUT2D eigenvalue weighted by molar-refractivity contribution is 5.05. The highest BCUT2D eigenvalue weighted by Crippen LogP contribution is 2.32. The number of aryl methyl sites for hydroxylation is 1. The van der Waals surface area contributed by atoms with Gasteiger partial charge in [-0.3, -0.25) is 4.90 Å². The monoisotopic (exact) mass is 262 g/mol. The molecule has 0 saturated carbocycles. The number of nitrogens with one attached hydrogen (secondary N) is 1. The second kappa shape index (κ2) is 5.68. The minimum atomic E-state index is 0.821. The SMILES string of the molecule is Cc1ccc(CN(C)CCC2CC3CCC(C2)N3)o1. The molecule has 2 atom stereocenters. The molecule has 1 N–H and O–H groups in total. The summed E-state index contributed by atoms with van der Waals surface area (Å²) in [6.45, 7) is 4.13. The molecule has 2 bridgehead atoms. The van der Waals surface area contributed by atoms with Crippen molar-refractivity contribution in [3.05, 3.63) is 23.7 Å². The van der Waals surface area contributed by atoms with Crippen LogP contribution in [0.5, 0.6) is 0 Å². The van der Waals surface area contributed by atoms with Crippen molar-refractivity contribution >= 4 is 0 Å². The largest absolute Gasteiger partial charge is 0.465 e. The first kappa shape index (κ1) is 13.2. The summed E-state index contributed by atoms with van der Waals surface area (Å²) >= 11 is 0. The molecule has 106 valence electrons. The van der Waals surface area contributed by atoms with Crippen LogP contribution in [0.3, 0.4) is 0 Å². The van der Waals surface area contributed by atoms with Crippen LogP contribution < -0.4 is 5.32 Å². The van der Waals surface area contributed by atoms with Gasteiger partial charge < -0.3 is 9.73 Å². The van der Waals surface area contributed by atoms with Crippen LogP contribution in [0.1, 0.15) is 43.6 Å². The maximum absolute atomic E-state index is 5.64.